The number of ether oxygens (including phenoxy) is 2. The van der Waals surface area contributed by atoms with Crippen molar-refractivity contribution in [2.24, 2.45) is 0 Å². The maximum absolute atomic E-state index is 13.5. The standard InChI is InChI=1S/C21H24N4O8.C21H26N4O7/c26-10-13(9-19(28)29)23-20(30)15-2-1-7-24-18(27)6-4-14(21(31)25(15)24)22-12-3-5-16-17(8-12)33-11-32-16;1-12-9-13(4-6-17(12)27)22-15-5-7-18(28)24-8-2-3-16(25(24)21(15)32)20(31)23-14(11-26)10-19(29)30/h3,5,8,10,13-15,22H,1-2,4,6-7,9,11H2,(H,23,30)(H,28,29);4,6,9,11,14-16,22,27H,2-3,5,7-8,10H2,1H3,(H,23,31)(H,29,30)/t13-,14-,15-;14-,15-,16-/m00/s1. The van der Waals surface area contributed by atoms with Gasteiger partial charge in [-0.05, 0) is 81.3 Å². The van der Waals surface area contributed by atoms with Gasteiger partial charge in [-0.3, -0.25) is 48.4 Å². The van der Waals surface area contributed by atoms with E-state index in [-0.39, 0.29) is 76.0 Å². The van der Waals surface area contributed by atoms with Crippen molar-refractivity contribution in [2.45, 2.75) is 107 Å². The number of nitrogens with one attached hydrogen (secondary N) is 4. The molecule has 6 amide bonds. The number of carbonyl (C=O) groups excluding carboxylic acids is 8. The van der Waals surface area contributed by atoms with Crippen LogP contribution in [0.2, 0.25) is 0 Å². The van der Waals surface area contributed by atoms with Crippen LogP contribution in [0, 0.1) is 6.92 Å². The van der Waals surface area contributed by atoms with Gasteiger partial charge >= 0.3 is 11.9 Å². The van der Waals surface area contributed by atoms with Crippen molar-refractivity contribution in [3.8, 4) is 17.2 Å². The molecule has 0 bridgehead atoms. The van der Waals surface area contributed by atoms with E-state index in [0.29, 0.717) is 53.9 Å². The van der Waals surface area contributed by atoms with Crippen molar-refractivity contribution < 1.29 is 72.7 Å². The van der Waals surface area contributed by atoms with Gasteiger partial charge in [0.1, 0.15) is 42.5 Å². The van der Waals surface area contributed by atoms with Gasteiger partial charge in [0.05, 0.1) is 24.9 Å². The van der Waals surface area contributed by atoms with E-state index in [2.05, 4.69) is 21.3 Å². The molecule has 4 saturated heterocycles. The molecule has 4 fully saturated rings. The van der Waals surface area contributed by atoms with Crippen LogP contribution in [0.5, 0.6) is 17.2 Å². The fourth-order valence-corrected chi connectivity index (χ4v) is 8.15. The van der Waals surface area contributed by atoms with Crippen LogP contribution in [-0.4, -0.2) is 151 Å². The Kier molecular flexibility index (Phi) is 15.1. The number of anilines is 2. The number of benzene rings is 2. The van der Waals surface area contributed by atoms with Crippen molar-refractivity contribution in [1.82, 2.24) is 30.7 Å². The fourth-order valence-electron chi connectivity index (χ4n) is 8.15. The number of aryl methyl sites for hydroxylation is 1. The van der Waals surface area contributed by atoms with Gasteiger partial charge < -0.3 is 55.6 Å². The molecule has 23 heteroatoms. The van der Waals surface area contributed by atoms with Crippen molar-refractivity contribution in [3.05, 3.63) is 42.0 Å². The molecule has 348 valence electrons. The monoisotopic (exact) mass is 906 g/mol. The molecular formula is C42H50N8O15. The number of hydrogen-bond acceptors (Lipinski definition) is 15. The van der Waals surface area contributed by atoms with Gasteiger partial charge in [-0.2, -0.15) is 0 Å². The van der Waals surface area contributed by atoms with Gasteiger partial charge in [0.25, 0.3) is 11.8 Å². The van der Waals surface area contributed by atoms with Crippen LogP contribution < -0.4 is 30.7 Å². The second-order valence-corrected chi connectivity index (χ2v) is 16.0. The van der Waals surface area contributed by atoms with Crippen molar-refractivity contribution >= 4 is 71.3 Å². The van der Waals surface area contributed by atoms with Crippen LogP contribution >= 0.6 is 0 Å². The van der Waals surface area contributed by atoms with Crippen molar-refractivity contribution in [3.63, 3.8) is 0 Å². The topological polar surface area (TPSA) is 311 Å². The first kappa shape index (κ1) is 47.0. The zero-order valence-corrected chi connectivity index (χ0v) is 35.3. The van der Waals surface area contributed by atoms with Gasteiger partial charge in [0.15, 0.2) is 11.5 Å². The Morgan fingerprint density at radius 1 is 0.692 bits per heavy atom. The molecule has 5 aliphatic heterocycles. The summed E-state index contributed by atoms with van der Waals surface area (Å²) in [6.07, 6.45) is 1.67. The number of hydrogen-bond donors (Lipinski definition) is 7. The summed E-state index contributed by atoms with van der Waals surface area (Å²) in [5.74, 6) is -4.12. The molecular weight excluding hydrogens is 857 g/mol. The number of hydrazine groups is 2. The lowest BCUT2D eigenvalue weighted by Gasteiger charge is -2.43. The zero-order chi connectivity index (χ0) is 46.9. The molecule has 65 heavy (non-hydrogen) atoms. The normalized spacial score (nSPS) is 22.4. The molecule has 2 aromatic rings. The Balaban J connectivity index is 0.000000216. The van der Waals surface area contributed by atoms with E-state index >= 15 is 0 Å². The maximum atomic E-state index is 13.5. The number of carboxylic acids is 2. The second-order valence-electron chi connectivity index (χ2n) is 16.0. The predicted octanol–water partition coefficient (Wildman–Crippen LogP) is 0.0505. The summed E-state index contributed by atoms with van der Waals surface area (Å²) in [5, 5.41) is 43.3. The van der Waals surface area contributed by atoms with E-state index in [1.165, 1.54) is 16.1 Å². The van der Waals surface area contributed by atoms with Crippen LogP contribution in [0.1, 0.15) is 69.8 Å². The average molecular weight is 907 g/mol. The number of carbonyl (C=O) groups is 10. The molecule has 23 nitrogen and oxygen atoms in total. The lowest BCUT2D eigenvalue weighted by atomic mass is 10.0. The van der Waals surface area contributed by atoms with E-state index in [4.69, 9.17) is 19.7 Å². The fraction of sp³-hybridized carbons (Fsp3) is 0.476. The van der Waals surface area contributed by atoms with Gasteiger partial charge in [-0.15, -0.1) is 0 Å². The number of carboxylic acid groups (broad SMARTS) is 2. The summed E-state index contributed by atoms with van der Waals surface area (Å²) < 4.78 is 10.7. The lowest BCUT2D eigenvalue weighted by molar-refractivity contribution is -0.175. The third-order valence-corrected chi connectivity index (χ3v) is 11.4. The molecule has 2 aromatic carbocycles. The number of nitrogens with zero attached hydrogens (tertiary/aromatic N) is 4. The number of amides is 6. The smallest absolute Gasteiger partial charge is 0.305 e. The highest BCUT2D eigenvalue weighted by atomic mass is 16.7. The molecule has 7 N–H and O–H groups in total. The highest BCUT2D eigenvalue weighted by Gasteiger charge is 2.46. The summed E-state index contributed by atoms with van der Waals surface area (Å²) in [7, 11) is 0. The van der Waals surface area contributed by atoms with E-state index in [1.54, 1.807) is 37.3 Å². The van der Waals surface area contributed by atoms with Gasteiger partial charge in [0, 0.05) is 43.4 Å². The molecule has 7 rings (SSSR count). The number of phenolic OH excluding ortho intramolecular Hbond substituents is 1. The van der Waals surface area contributed by atoms with Crippen LogP contribution in [-0.2, 0) is 47.9 Å². The van der Waals surface area contributed by atoms with Crippen LogP contribution in [0.4, 0.5) is 11.4 Å². The largest absolute Gasteiger partial charge is 0.508 e. The molecule has 0 saturated carbocycles. The van der Waals surface area contributed by atoms with Crippen LogP contribution in [0.15, 0.2) is 36.4 Å². The Labute approximate surface area is 371 Å². The molecule has 0 spiro atoms. The molecule has 0 aliphatic carbocycles. The Morgan fingerprint density at radius 3 is 1.62 bits per heavy atom. The van der Waals surface area contributed by atoms with Crippen LogP contribution in [0.25, 0.3) is 0 Å². The third-order valence-electron chi connectivity index (χ3n) is 11.4. The highest BCUT2D eigenvalue weighted by Crippen LogP contribution is 2.35. The number of phenols is 1. The molecule has 0 aromatic heterocycles. The molecule has 0 unspecified atom stereocenters. The second kappa shape index (κ2) is 20.8. The maximum Gasteiger partial charge on any atom is 0.305 e. The average Bonchev–Trinajstić information content (AvgIpc) is 3.67. The summed E-state index contributed by atoms with van der Waals surface area (Å²) in [6, 6.07) is 3.80. The van der Waals surface area contributed by atoms with E-state index < -0.39 is 84.7 Å². The quantitative estimate of drug-likeness (QED) is 0.0973. The van der Waals surface area contributed by atoms with Gasteiger partial charge in [0.2, 0.25) is 30.4 Å². The van der Waals surface area contributed by atoms with Gasteiger partial charge in [-0.25, -0.2) is 10.0 Å². The summed E-state index contributed by atoms with van der Waals surface area (Å²) in [5.41, 5.74) is 1.79. The first-order valence-electron chi connectivity index (χ1n) is 21.0. The number of aromatic hydroxyl groups is 1. The summed E-state index contributed by atoms with van der Waals surface area (Å²) in [6.45, 7) is 2.40. The molecule has 5 heterocycles. The SMILES string of the molecule is Cc1cc(N[C@H]2CCC(=O)N3CCC[C@@H](C(=O)N[C@H](C=O)CC(=O)O)N3C2=O)ccc1O.O=C[C@H](CC(=O)O)NC(=O)[C@@H]1CCCN2C(=O)CC[C@H](Nc3ccc4c(c3)OCO4)C(=O)N12. The zero-order valence-electron chi connectivity index (χ0n) is 35.3. The van der Waals surface area contributed by atoms with Crippen molar-refractivity contribution in [2.75, 3.05) is 30.5 Å². The molecule has 6 atom stereocenters. The predicted molar refractivity (Wildman–Crippen MR) is 222 cm³/mol. The first-order valence-corrected chi connectivity index (χ1v) is 21.0. The molecule has 0 radical (unpaired) electrons. The van der Waals surface area contributed by atoms with E-state index in [0.717, 1.165) is 10.0 Å². The minimum atomic E-state index is -1.25. The molecule has 5 aliphatic rings. The van der Waals surface area contributed by atoms with Gasteiger partial charge in [-0.1, -0.05) is 0 Å². The third kappa shape index (κ3) is 11.2. The minimum Gasteiger partial charge on any atom is -0.508 e. The minimum absolute atomic E-state index is 0.0985. The number of fused-ring (bicyclic) bond motifs is 3. The summed E-state index contributed by atoms with van der Waals surface area (Å²) >= 11 is 0. The lowest BCUT2D eigenvalue weighted by Crippen LogP contribution is -2.63. The van der Waals surface area contributed by atoms with Crippen molar-refractivity contribution in [1.29, 1.82) is 0 Å². The first-order chi connectivity index (χ1) is 31.1. The Hall–Kier alpha value is -7.46. The van der Waals surface area contributed by atoms with E-state index in [9.17, 15) is 53.1 Å². The Morgan fingerprint density at radius 2 is 1.15 bits per heavy atom. The summed E-state index contributed by atoms with van der Waals surface area (Å²) in [4.78, 5) is 122. The number of aldehydes is 2. The number of aliphatic carboxylic acids is 2. The Bertz CT molecular complexity index is 2220. The van der Waals surface area contributed by atoms with E-state index in [1.807, 2.05) is 0 Å². The number of rotatable bonds is 14. The highest BCUT2D eigenvalue weighted by molar-refractivity contribution is 5.97. The van der Waals surface area contributed by atoms with Crippen LogP contribution in [0.3, 0.4) is 0 Å².